The molecule has 3 atom stereocenters. The quantitative estimate of drug-likeness (QED) is 0.144. The molecule has 5 aromatic rings. The molecule has 1 aliphatic carbocycles. The number of carbonyl (C=O) groups excluding carboxylic acids is 2. The largest absolute Gasteiger partial charge is 0.459 e. The molecule has 9 heteroatoms. The standard InChI is InChI=1S/C38H36Cl2N4O3/c1-38(2)28(20-36(45)42-34(18-25-10-5-3-6-11-25)37(46)47-24-26-12-7-4-8-13-26)19-30(38)35-22-33(27-14-9-17-41-23-27)43-44(35)29-15-16-31(39)32(40)21-29/h3-17,21-23,28,30,34H,18-20,24H2,1-2H3,(H,42,45)/t28-,30-,34+/m1/s1. The third kappa shape index (κ3) is 7.42. The number of nitrogens with zero attached hydrogens (tertiary/aromatic N) is 3. The molecule has 3 aromatic carbocycles. The van der Waals surface area contributed by atoms with Crippen LogP contribution in [0.5, 0.6) is 0 Å². The second-order valence-corrected chi connectivity index (χ2v) is 13.4. The molecule has 1 N–H and O–H groups in total. The summed E-state index contributed by atoms with van der Waals surface area (Å²) in [5.74, 6) is -0.425. The zero-order valence-corrected chi connectivity index (χ0v) is 27.8. The molecule has 47 heavy (non-hydrogen) atoms. The van der Waals surface area contributed by atoms with Gasteiger partial charge in [0, 0.05) is 42.4 Å². The zero-order valence-electron chi connectivity index (χ0n) is 26.3. The molecule has 0 spiro atoms. The Hall–Kier alpha value is -4.46. The Morgan fingerprint density at radius 2 is 1.66 bits per heavy atom. The number of rotatable bonds is 11. The van der Waals surface area contributed by atoms with E-state index in [1.807, 2.05) is 89.6 Å². The van der Waals surface area contributed by atoms with Gasteiger partial charge in [-0.05, 0) is 65.3 Å². The first-order valence-corrected chi connectivity index (χ1v) is 16.4. The van der Waals surface area contributed by atoms with Crippen LogP contribution in [0.25, 0.3) is 16.9 Å². The highest BCUT2D eigenvalue weighted by molar-refractivity contribution is 6.42. The van der Waals surface area contributed by atoms with Crippen LogP contribution in [0.4, 0.5) is 0 Å². The van der Waals surface area contributed by atoms with E-state index in [9.17, 15) is 9.59 Å². The van der Waals surface area contributed by atoms with Crippen molar-refractivity contribution in [1.29, 1.82) is 0 Å². The normalized spacial score (nSPS) is 17.4. The van der Waals surface area contributed by atoms with Gasteiger partial charge in [-0.15, -0.1) is 0 Å². The Balaban J connectivity index is 1.18. The Bertz CT molecular complexity index is 1850. The van der Waals surface area contributed by atoms with Crippen LogP contribution in [0.2, 0.25) is 10.0 Å². The number of benzene rings is 3. The van der Waals surface area contributed by atoms with Crippen LogP contribution in [-0.4, -0.2) is 32.7 Å². The number of aromatic nitrogens is 3. The van der Waals surface area contributed by atoms with Gasteiger partial charge >= 0.3 is 5.97 Å². The van der Waals surface area contributed by atoms with Gasteiger partial charge in [-0.1, -0.05) is 97.7 Å². The molecule has 1 aliphatic rings. The van der Waals surface area contributed by atoms with Gasteiger partial charge in [-0.3, -0.25) is 9.78 Å². The summed E-state index contributed by atoms with van der Waals surface area (Å²) in [6.07, 6.45) is 4.94. The Labute approximate surface area is 284 Å². The molecule has 0 unspecified atom stereocenters. The number of ether oxygens (including phenoxy) is 1. The second-order valence-electron chi connectivity index (χ2n) is 12.6. The molecular weight excluding hydrogens is 631 g/mol. The Morgan fingerprint density at radius 1 is 0.936 bits per heavy atom. The lowest BCUT2D eigenvalue weighted by molar-refractivity contribution is -0.149. The molecule has 1 fully saturated rings. The van der Waals surface area contributed by atoms with E-state index in [1.54, 1.807) is 18.5 Å². The highest BCUT2D eigenvalue weighted by atomic mass is 35.5. The van der Waals surface area contributed by atoms with Crippen molar-refractivity contribution >= 4 is 35.1 Å². The van der Waals surface area contributed by atoms with E-state index in [1.165, 1.54) is 0 Å². The lowest BCUT2D eigenvalue weighted by atomic mass is 9.52. The number of amides is 1. The molecule has 0 aliphatic heterocycles. The number of hydrogen-bond acceptors (Lipinski definition) is 5. The molecule has 7 nitrogen and oxygen atoms in total. The predicted molar refractivity (Wildman–Crippen MR) is 184 cm³/mol. The topological polar surface area (TPSA) is 86.1 Å². The third-order valence-corrected chi connectivity index (χ3v) is 9.97. The first-order valence-electron chi connectivity index (χ1n) is 15.7. The number of halogens is 2. The highest BCUT2D eigenvalue weighted by Gasteiger charge is 2.50. The van der Waals surface area contributed by atoms with Crippen LogP contribution in [-0.2, 0) is 27.4 Å². The SMILES string of the molecule is CC1(C)[C@@H](CC(=O)N[C@@H](Cc2ccccc2)C(=O)OCc2ccccc2)C[C@@H]1c1cc(-c2cccnc2)nn1-c1ccc(Cl)c(Cl)c1. The van der Waals surface area contributed by atoms with Gasteiger partial charge < -0.3 is 10.1 Å². The van der Waals surface area contributed by atoms with Crippen molar-refractivity contribution < 1.29 is 14.3 Å². The van der Waals surface area contributed by atoms with Gasteiger partial charge in [0.2, 0.25) is 5.91 Å². The zero-order chi connectivity index (χ0) is 33.0. The van der Waals surface area contributed by atoms with Crippen molar-refractivity contribution in [2.75, 3.05) is 0 Å². The van der Waals surface area contributed by atoms with Crippen molar-refractivity contribution in [1.82, 2.24) is 20.1 Å². The fourth-order valence-electron chi connectivity index (χ4n) is 6.34. The molecule has 2 aromatic heterocycles. The van der Waals surface area contributed by atoms with Crippen LogP contribution < -0.4 is 5.32 Å². The number of pyridine rings is 1. The summed E-state index contributed by atoms with van der Waals surface area (Å²) in [5.41, 5.74) is 5.13. The molecule has 1 amide bonds. The molecule has 2 heterocycles. The predicted octanol–water partition coefficient (Wildman–Crippen LogP) is 8.23. The van der Waals surface area contributed by atoms with E-state index in [0.29, 0.717) is 16.5 Å². The fraction of sp³-hybridized carbons (Fsp3) is 0.263. The second kappa shape index (κ2) is 14.1. The summed E-state index contributed by atoms with van der Waals surface area (Å²) < 4.78 is 7.57. The van der Waals surface area contributed by atoms with Crippen molar-refractivity contribution in [2.45, 2.75) is 51.7 Å². The molecule has 0 radical (unpaired) electrons. The molecule has 0 saturated heterocycles. The minimum absolute atomic E-state index is 0.0872. The lowest BCUT2D eigenvalue weighted by Gasteiger charge is -2.52. The third-order valence-electron chi connectivity index (χ3n) is 9.23. The molecule has 0 bridgehead atoms. The first kappa shape index (κ1) is 32.5. The van der Waals surface area contributed by atoms with E-state index < -0.39 is 12.0 Å². The van der Waals surface area contributed by atoms with Gasteiger partial charge in [0.05, 0.1) is 21.4 Å². The first-order chi connectivity index (χ1) is 22.7. The lowest BCUT2D eigenvalue weighted by Crippen LogP contribution is -2.49. The summed E-state index contributed by atoms with van der Waals surface area (Å²) in [5, 5.41) is 8.88. The van der Waals surface area contributed by atoms with Crippen molar-refractivity contribution in [3.63, 3.8) is 0 Å². The number of hydrogen-bond donors (Lipinski definition) is 1. The van der Waals surface area contributed by atoms with Crippen molar-refractivity contribution in [2.24, 2.45) is 11.3 Å². The number of carbonyl (C=O) groups is 2. The monoisotopic (exact) mass is 666 g/mol. The summed E-state index contributed by atoms with van der Waals surface area (Å²) in [6, 6.07) is 29.8. The molecule has 1 saturated carbocycles. The van der Waals surface area contributed by atoms with Crippen molar-refractivity contribution in [3.05, 3.63) is 136 Å². The maximum absolute atomic E-state index is 13.5. The van der Waals surface area contributed by atoms with Crippen LogP contribution in [0, 0.1) is 11.3 Å². The van der Waals surface area contributed by atoms with Crippen LogP contribution >= 0.6 is 23.2 Å². The van der Waals surface area contributed by atoms with E-state index in [2.05, 4.69) is 30.2 Å². The summed E-state index contributed by atoms with van der Waals surface area (Å²) in [6.45, 7) is 4.51. The van der Waals surface area contributed by atoms with Crippen LogP contribution in [0.15, 0.2) is 109 Å². The van der Waals surface area contributed by atoms with Gasteiger partial charge in [-0.2, -0.15) is 5.10 Å². The minimum atomic E-state index is -0.800. The smallest absolute Gasteiger partial charge is 0.329 e. The summed E-state index contributed by atoms with van der Waals surface area (Å²) >= 11 is 12.6. The average Bonchev–Trinajstić information content (AvgIpc) is 3.52. The Morgan fingerprint density at radius 3 is 2.32 bits per heavy atom. The minimum Gasteiger partial charge on any atom is -0.459 e. The van der Waals surface area contributed by atoms with Gasteiger partial charge in [0.25, 0.3) is 0 Å². The van der Waals surface area contributed by atoms with E-state index >= 15 is 0 Å². The molecule has 6 rings (SSSR count). The van der Waals surface area contributed by atoms with Gasteiger partial charge in [0.1, 0.15) is 12.6 Å². The van der Waals surface area contributed by atoms with E-state index in [0.717, 1.165) is 40.2 Å². The van der Waals surface area contributed by atoms with Gasteiger partial charge in [0.15, 0.2) is 0 Å². The van der Waals surface area contributed by atoms with Gasteiger partial charge in [-0.25, -0.2) is 9.48 Å². The summed E-state index contributed by atoms with van der Waals surface area (Å²) in [7, 11) is 0. The summed E-state index contributed by atoms with van der Waals surface area (Å²) in [4.78, 5) is 31.1. The molecular formula is C38H36Cl2N4O3. The van der Waals surface area contributed by atoms with E-state index in [-0.39, 0.29) is 36.2 Å². The fourth-order valence-corrected chi connectivity index (χ4v) is 6.63. The van der Waals surface area contributed by atoms with E-state index in [4.69, 9.17) is 33.0 Å². The number of nitrogens with one attached hydrogen (secondary N) is 1. The van der Waals surface area contributed by atoms with Crippen LogP contribution in [0.1, 0.15) is 49.4 Å². The van der Waals surface area contributed by atoms with Crippen molar-refractivity contribution in [3.8, 4) is 16.9 Å². The highest BCUT2D eigenvalue weighted by Crippen LogP contribution is 2.58. The Kier molecular flexibility index (Phi) is 9.76. The maximum atomic E-state index is 13.5. The van der Waals surface area contributed by atoms with Crippen LogP contribution in [0.3, 0.4) is 0 Å². The molecule has 240 valence electrons. The average molecular weight is 668 g/mol. The maximum Gasteiger partial charge on any atom is 0.329 e. The number of esters is 1.